The second-order valence-electron chi connectivity index (χ2n) is 6.15. The maximum atomic E-state index is 12.1. The number of para-hydroxylation sites is 3. The fraction of sp³-hybridized carbons (Fsp3) is 0.200. The number of H-pyrrole nitrogens is 1. The Bertz CT molecular complexity index is 948. The molecule has 27 heavy (non-hydrogen) atoms. The van der Waals surface area contributed by atoms with Gasteiger partial charge < -0.3 is 24.5 Å². The van der Waals surface area contributed by atoms with Gasteiger partial charge in [0.25, 0.3) is 5.91 Å². The summed E-state index contributed by atoms with van der Waals surface area (Å²) in [6.07, 6.45) is -0.298. The van der Waals surface area contributed by atoms with Crippen LogP contribution in [0.3, 0.4) is 0 Å². The molecule has 0 unspecified atom stereocenters. The highest BCUT2D eigenvalue weighted by molar-refractivity contribution is 5.95. The van der Waals surface area contributed by atoms with E-state index < -0.39 is 11.9 Å². The first-order valence-corrected chi connectivity index (χ1v) is 8.59. The molecule has 0 aliphatic carbocycles. The molecule has 0 spiro atoms. The molecule has 0 radical (unpaired) electrons. The second-order valence-corrected chi connectivity index (χ2v) is 6.15. The van der Waals surface area contributed by atoms with Crippen molar-refractivity contribution >= 4 is 22.8 Å². The van der Waals surface area contributed by atoms with E-state index in [4.69, 9.17) is 14.2 Å². The number of rotatable bonds is 5. The van der Waals surface area contributed by atoms with Crippen molar-refractivity contribution in [3.05, 3.63) is 60.3 Å². The lowest BCUT2D eigenvalue weighted by atomic mass is 10.2. The molecule has 1 aliphatic heterocycles. The number of nitrogens with one attached hydrogen (secondary N) is 2. The zero-order valence-electron chi connectivity index (χ0n) is 14.4. The maximum absolute atomic E-state index is 12.1. The van der Waals surface area contributed by atoms with E-state index in [0.717, 1.165) is 10.9 Å². The molecular weight excluding hydrogens is 348 g/mol. The molecule has 7 heteroatoms. The van der Waals surface area contributed by atoms with Crippen LogP contribution in [-0.4, -0.2) is 42.7 Å². The maximum Gasteiger partial charge on any atom is 0.355 e. The van der Waals surface area contributed by atoms with Gasteiger partial charge in [0.1, 0.15) is 18.4 Å². The second kappa shape index (κ2) is 7.41. The highest BCUT2D eigenvalue weighted by Gasteiger charge is 2.21. The first-order valence-electron chi connectivity index (χ1n) is 8.59. The smallest absolute Gasteiger partial charge is 0.355 e. The van der Waals surface area contributed by atoms with Crippen LogP contribution in [0.15, 0.2) is 54.6 Å². The molecular formula is C20H18N2O5. The number of hydrogen-bond donors (Lipinski definition) is 2. The van der Waals surface area contributed by atoms with Gasteiger partial charge in [-0.3, -0.25) is 4.79 Å². The van der Waals surface area contributed by atoms with Crippen LogP contribution < -0.4 is 14.8 Å². The summed E-state index contributed by atoms with van der Waals surface area (Å²) < 4.78 is 16.4. The fourth-order valence-electron chi connectivity index (χ4n) is 2.83. The fourth-order valence-corrected chi connectivity index (χ4v) is 2.83. The van der Waals surface area contributed by atoms with Crippen LogP contribution in [0.5, 0.6) is 11.5 Å². The summed E-state index contributed by atoms with van der Waals surface area (Å²) >= 11 is 0. The van der Waals surface area contributed by atoms with Gasteiger partial charge >= 0.3 is 5.97 Å². The first-order chi connectivity index (χ1) is 13.2. The molecule has 0 bridgehead atoms. The highest BCUT2D eigenvalue weighted by atomic mass is 16.6. The molecule has 1 aromatic heterocycles. The van der Waals surface area contributed by atoms with Crippen molar-refractivity contribution in [1.82, 2.24) is 10.3 Å². The van der Waals surface area contributed by atoms with Crippen molar-refractivity contribution in [3.63, 3.8) is 0 Å². The summed E-state index contributed by atoms with van der Waals surface area (Å²) in [6, 6.07) is 16.6. The van der Waals surface area contributed by atoms with Crippen molar-refractivity contribution < 1.29 is 23.8 Å². The van der Waals surface area contributed by atoms with Crippen molar-refractivity contribution in [2.24, 2.45) is 0 Å². The normalized spacial score (nSPS) is 15.3. The number of amides is 1. The van der Waals surface area contributed by atoms with Crippen LogP contribution in [0.2, 0.25) is 0 Å². The minimum atomic E-state index is -0.576. The van der Waals surface area contributed by atoms with Crippen LogP contribution in [-0.2, 0) is 9.53 Å². The highest BCUT2D eigenvalue weighted by Crippen LogP contribution is 2.30. The first kappa shape index (κ1) is 17.0. The van der Waals surface area contributed by atoms with Gasteiger partial charge in [0.05, 0.1) is 6.54 Å². The predicted molar refractivity (Wildman–Crippen MR) is 97.9 cm³/mol. The van der Waals surface area contributed by atoms with Crippen molar-refractivity contribution in [2.45, 2.75) is 6.10 Å². The van der Waals surface area contributed by atoms with Crippen LogP contribution in [0.4, 0.5) is 0 Å². The molecule has 1 amide bonds. The Labute approximate surface area is 155 Å². The number of esters is 1. The largest absolute Gasteiger partial charge is 0.486 e. The number of ether oxygens (including phenoxy) is 3. The Hall–Kier alpha value is -3.48. The summed E-state index contributed by atoms with van der Waals surface area (Å²) in [5.41, 5.74) is 1.15. The minimum absolute atomic E-state index is 0.261. The number of hydrogen-bond acceptors (Lipinski definition) is 5. The Morgan fingerprint density at radius 2 is 1.89 bits per heavy atom. The topological polar surface area (TPSA) is 89.7 Å². The lowest BCUT2D eigenvalue weighted by molar-refractivity contribution is -0.124. The van der Waals surface area contributed by atoms with Crippen molar-refractivity contribution in [2.75, 3.05) is 19.8 Å². The monoisotopic (exact) mass is 366 g/mol. The Morgan fingerprint density at radius 3 is 2.74 bits per heavy atom. The molecule has 2 aromatic carbocycles. The minimum Gasteiger partial charge on any atom is -0.486 e. The third-order valence-electron chi connectivity index (χ3n) is 4.18. The van der Waals surface area contributed by atoms with Gasteiger partial charge in [-0.05, 0) is 24.3 Å². The lowest BCUT2D eigenvalue weighted by Gasteiger charge is -2.26. The summed E-state index contributed by atoms with van der Waals surface area (Å²) in [5, 5.41) is 3.59. The van der Waals surface area contributed by atoms with E-state index in [9.17, 15) is 9.59 Å². The number of benzene rings is 2. The van der Waals surface area contributed by atoms with Crippen molar-refractivity contribution in [3.8, 4) is 11.5 Å². The third-order valence-corrected chi connectivity index (χ3v) is 4.18. The number of aromatic nitrogens is 1. The lowest BCUT2D eigenvalue weighted by Crippen LogP contribution is -2.42. The molecule has 0 fully saturated rings. The molecule has 1 aliphatic rings. The molecule has 3 aromatic rings. The van der Waals surface area contributed by atoms with Gasteiger partial charge in [0, 0.05) is 10.9 Å². The molecule has 138 valence electrons. The number of carbonyl (C=O) groups excluding carboxylic acids is 2. The van der Waals surface area contributed by atoms with E-state index in [1.54, 1.807) is 6.07 Å². The quantitative estimate of drug-likeness (QED) is 0.676. The van der Waals surface area contributed by atoms with E-state index in [0.29, 0.717) is 23.8 Å². The Balaban J connectivity index is 1.24. The van der Waals surface area contributed by atoms with E-state index in [1.807, 2.05) is 48.5 Å². The summed E-state index contributed by atoms with van der Waals surface area (Å²) in [6.45, 7) is 0.238. The third kappa shape index (κ3) is 3.87. The summed E-state index contributed by atoms with van der Waals surface area (Å²) in [4.78, 5) is 27.0. The molecule has 7 nitrogen and oxygen atoms in total. The number of fused-ring (bicyclic) bond motifs is 2. The standard InChI is InChI=1S/C20H18N2O5/c23-19(21-10-14-11-25-17-7-3-4-8-18(17)27-14)12-26-20(24)16-9-13-5-1-2-6-15(13)22-16/h1-9,14,22H,10-12H2,(H,21,23)/t14-/m1/s1. The van der Waals surface area contributed by atoms with Crippen LogP contribution in [0, 0.1) is 0 Å². The van der Waals surface area contributed by atoms with Gasteiger partial charge in [0.2, 0.25) is 0 Å². The van der Waals surface area contributed by atoms with Gasteiger partial charge in [-0.2, -0.15) is 0 Å². The molecule has 2 heterocycles. The Morgan fingerprint density at radius 1 is 1.11 bits per heavy atom. The molecule has 1 atom stereocenters. The zero-order valence-corrected chi connectivity index (χ0v) is 14.4. The Kier molecular flexibility index (Phi) is 4.65. The number of aromatic amines is 1. The average Bonchev–Trinajstić information content (AvgIpc) is 3.14. The van der Waals surface area contributed by atoms with Gasteiger partial charge in [-0.1, -0.05) is 30.3 Å². The van der Waals surface area contributed by atoms with Crippen LogP contribution >= 0.6 is 0 Å². The zero-order chi connectivity index (χ0) is 18.6. The van der Waals surface area contributed by atoms with Crippen LogP contribution in [0.25, 0.3) is 10.9 Å². The van der Waals surface area contributed by atoms with E-state index in [2.05, 4.69) is 10.3 Å². The van der Waals surface area contributed by atoms with Gasteiger partial charge in [0.15, 0.2) is 18.1 Å². The number of carbonyl (C=O) groups is 2. The summed E-state index contributed by atoms with van der Waals surface area (Å²) in [7, 11) is 0. The summed E-state index contributed by atoms with van der Waals surface area (Å²) in [5.74, 6) is 0.357. The van der Waals surface area contributed by atoms with Gasteiger partial charge in [-0.15, -0.1) is 0 Å². The van der Waals surface area contributed by atoms with E-state index >= 15 is 0 Å². The van der Waals surface area contributed by atoms with Crippen molar-refractivity contribution in [1.29, 1.82) is 0 Å². The van der Waals surface area contributed by atoms with E-state index in [-0.39, 0.29) is 19.3 Å². The predicted octanol–water partition coefficient (Wildman–Crippen LogP) is 2.28. The molecule has 0 saturated carbocycles. The molecule has 0 saturated heterocycles. The molecule has 2 N–H and O–H groups in total. The van der Waals surface area contributed by atoms with Crippen LogP contribution in [0.1, 0.15) is 10.5 Å². The van der Waals surface area contributed by atoms with E-state index in [1.165, 1.54) is 0 Å². The van der Waals surface area contributed by atoms with Gasteiger partial charge in [-0.25, -0.2) is 4.79 Å². The molecule has 4 rings (SSSR count). The SMILES string of the molecule is O=C(COC(=O)c1cc2ccccc2[nH]1)NC[C@@H]1COc2ccccc2O1. The average molecular weight is 366 g/mol.